The van der Waals surface area contributed by atoms with E-state index in [4.69, 9.17) is 5.73 Å². The molecule has 0 bridgehead atoms. The fourth-order valence-corrected chi connectivity index (χ4v) is 1.11. The Morgan fingerprint density at radius 2 is 2.08 bits per heavy atom. The first-order chi connectivity index (χ1) is 6.18. The Bertz CT molecular complexity index is 272. The van der Waals surface area contributed by atoms with Gasteiger partial charge >= 0.3 is 0 Å². The Kier molecular flexibility index (Phi) is 3.46. The summed E-state index contributed by atoms with van der Waals surface area (Å²) in [4.78, 5) is 10.7. The van der Waals surface area contributed by atoms with E-state index in [1.807, 2.05) is 30.3 Å². The molecule has 1 rings (SSSR count). The second kappa shape index (κ2) is 4.62. The number of nitrogens with one attached hydrogen (secondary N) is 1. The lowest BCUT2D eigenvalue weighted by Crippen LogP contribution is -2.31. The maximum Gasteiger partial charge on any atom is 0.133 e. The van der Waals surface area contributed by atoms with Crippen molar-refractivity contribution < 1.29 is 4.79 Å². The highest BCUT2D eigenvalue weighted by molar-refractivity contribution is 5.76. The molecule has 1 unspecified atom stereocenters. The molecule has 0 aromatic heterocycles. The van der Waals surface area contributed by atoms with Gasteiger partial charge in [-0.2, -0.15) is 0 Å². The lowest BCUT2D eigenvalue weighted by molar-refractivity contribution is -0.117. The van der Waals surface area contributed by atoms with Crippen molar-refractivity contribution in [2.45, 2.75) is 19.5 Å². The fraction of sp³-hybridized carbons (Fsp3) is 0.300. The van der Waals surface area contributed by atoms with Crippen LogP contribution in [0.15, 0.2) is 30.3 Å². The smallest absolute Gasteiger partial charge is 0.133 e. The number of Topliss-reactive ketones (excluding diaryl/α,β-unsaturated/α-hetero) is 1. The van der Waals surface area contributed by atoms with Crippen molar-refractivity contribution in [2.75, 3.05) is 5.32 Å². The molecule has 70 valence electrons. The summed E-state index contributed by atoms with van der Waals surface area (Å²) in [6.45, 7) is 1.53. The van der Waals surface area contributed by atoms with E-state index in [1.54, 1.807) is 0 Å². The molecule has 3 nitrogen and oxygen atoms in total. The van der Waals surface area contributed by atoms with E-state index >= 15 is 0 Å². The molecule has 0 radical (unpaired) electrons. The van der Waals surface area contributed by atoms with Crippen LogP contribution in [-0.2, 0) is 4.79 Å². The van der Waals surface area contributed by atoms with Crippen LogP contribution < -0.4 is 11.1 Å². The van der Waals surface area contributed by atoms with Gasteiger partial charge in [0.2, 0.25) is 0 Å². The number of ketones is 1. The molecule has 13 heavy (non-hydrogen) atoms. The largest absolute Gasteiger partial charge is 0.370 e. The van der Waals surface area contributed by atoms with E-state index in [0.29, 0.717) is 6.42 Å². The number of anilines is 1. The van der Waals surface area contributed by atoms with Gasteiger partial charge in [-0.25, -0.2) is 0 Å². The molecule has 1 aromatic rings. The highest BCUT2D eigenvalue weighted by Crippen LogP contribution is 2.06. The summed E-state index contributed by atoms with van der Waals surface area (Å²) >= 11 is 0. The summed E-state index contributed by atoms with van der Waals surface area (Å²) in [6.07, 6.45) is 0.0643. The first-order valence-corrected chi connectivity index (χ1v) is 4.25. The highest BCUT2D eigenvalue weighted by atomic mass is 16.1. The number of nitrogens with two attached hydrogens (primary N) is 1. The van der Waals surface area contributed by atoms with Crippen LogP contribution in [0.1, 0.15) is 13.3 Å². The van der Waals surface area contributed by atoms with Crippen LogP contribution in [0.2, 0.25) is 0 Å². The zero-order valence-corrected chi connectivity index (χ0v) is 7.66. The van der Waals surface area contributed by atoms with Gasteiger partial charge in [0.05, 0.1) is 6.17 Å². The third kappa shape index (κ3) is 3.71. The second-order valence-corrected chi connectivity index (χ2v) is 3.02. The molecular weight excluding hydrogens is 164 g/mol. The Morgan fingerprint density at radius 3 is 2.62 bits per heavy atom. The lowest BCUT2D eigenvalue weighted by Gasteiger charge is -2.12. The Hall–Kier alpha value is -1.35. The Labute approximate surface area is 77.9 Å². The molecule has 0 aliphatic carbocycles. The van der Waals surface area contributed by atoms with E-state index in [1.165, 1.54) is 6.92 Å². The summed E-state index contributed by atoms with van der Waals surface area (Å²) < 4.78 is 0. The molecule has 0 saturated heterocycles. The van der Waals surface area contributed by atoms with E-state index in [0.717, 1.165) is 5.69 Å². The molecule has 1 atom stereocenters. The van der Waals surface area contributed by atoms with Crippen molar-refractivity contribution in [2.24, 2.45) is 5.73 Å². The van der Waals surface area contributed by atoms with Crippen molar-refractivity contribution in [3.63, 3.8) is 0 Å². The lowest BCUT2D eigenvalue weighted by atomic mass is 10.2. The molecule has 0 spiro atoms. The topological polar surface area (TPSA) is 55.1 Å². The number of carbonyl (C=O) groups excluding carboxylic acids is 1. The summed E-state index contributed by atoms with van der Waals surface area (Å²) in [5, 5.41) is 3.03. The minimum absolute atomic E-state index is 0.0935. The monoisotopic (exact) mass is 178 g/mol. The van der Waals surface area contributed by atoms with Crippen LogP contribution in [0.5, 0.6) is 0 Å². The summed E-state index contributed by atoms with van der Waals surface area (Å²) in [5.74, 6) is 0.0935. The molecule has 0 amide bonds. The first kappa shape index (κ1) is 9.74. The first-order valence-electron chi connectivity index (χ1n) is 4.25. The van der Waals surface area contributed by atoms with Gasteiger partial charge in [0, 0.05) is 12.1 Å². The number of rotatable bonds is 4. The summed E-state index contributed by atoms with van der Waals surface area (Å²) in [7, 11) is 0. The van der Waals surface area contributed by atoms with Gasteiger partial charge in [0.25, 0.3) is 0 Å². The van der Waals surface area contributed by atoms with Crippen LogP contribution >= 0.6 is 0 Å². The number of benzene rings is 1. The van der Waals surface area contributed by atoms with Crippen molar-refractivity contribution in [3.8, 4) is 0 Å². The maximum atomic E-state index is 10.7. The standard InChI is InChI=1S/C10H14N2O/c1-8(13)7-10(11)12-9-5-3-2-4-6-9/h2-6,10,12H,7,11H2,1H3. The van der Waals surface area contributed by atoms with Crippen LogP contribution in [0.3, 0.4) is 0 Å². The number of hydrogen-bond donors (Lipinski definition) is 2. The summed E-state index contributed by atoms with van der Waals surface area (Å²) in [6, 6.07) is 9.60. The number of hydrogen-bond acceptors (Lipinski definition) is 3. The highest BCUT2D eigenvalue weighted by Gasteiger charge is 2.04. The van der Waals surface area contributed by atoms with Gasteiger partial charge in [-0.3, -0.25) is 4.79 Å². The molecule has 0 aliphatic heterocycles. The van der Waals surface area contributed by atoms with Crippen LogP contribution in [-0.4, -0.2) is 11.9 Å². The molecule has 0 saturated carbocycles. The Morgan fingerprint density at radius 1 is 1.46 bits per heavy atom. The van der Waals surface area contributed by atoms with Crippen molar-refractivity contribution >= 4 is 11.5 Å². The van der Waals surface area contributed by atoms with Crippen molar-refractivity contribution in [1.82, 2.24) is 0 Å². The van der Waals surface area contributed by atoms with E-state index in [9.17, 15) is 4.79 Å². The zero-order chi connectivity index (χ0) is 9.68. The van der Waals surface area contributed by atoms with E-state index in [2.05, 4.69) is 5.32 Å². The van der Waals surface area contributed by atoms with Gasteiger partial charge in [-0.1, -0.05) is 18.2 Å². The molecule has 0 aliphatic rings. The van der Waals surface area contributed by atoms with Crippen LogP contribution in [0.4, 0.5) is 5.69 Å². The second-order valence-electron chi connectivity index (χ2n) is 3.02. The summed E-state index contributed by atoms with van der Waals surface area (Å²) in [5.41, 5.74) is 6.62. The van der Waals surface area contributed by atoms with E-state index in [-0.39, 0.29) is 11.9 Å². The van der Waals surface area contributed by atoms with Crippen molar-refractivity contribution in [3.05, 3.63) is 30.3 Å². The molecule has 3 N–H and O–H groups in total. The quantitative estimate of drug-likeness (QED) is 0.684. The normalized spacial score (nSPS) is 12.2. The van der Waals surface area contributed by atoms with Crippen molar-refractivity contribution in [1.29, 1.82) is 0 Å². The van der Waals surface area contributed by atoms with Gasteiger partial charge in [-0.05, 0) is 19.1 Å². The fourth-order valence-electron chi connectivity index (χ4n) is 1.11. The Balaban J connectivity index is 2.45. The number of para-hydroxylation sites is 1. The van der Waals surface area contributed by atoms with Gasteiger partial charge in [-0.15, -0.1) is 0 Å². The minimum atomic E-state index is -0.292. The molecular formula is C10H14N2O. The van der Waals surface area contributed by atoms with Crippen LogP contribution in [0, 0.1) is 0 Å². The van der Waals surface area contributed by atoms with Gasteiger partial charge < -0.3 is 11.1 Å². The molecule has 0 fully saturated rings. The van der Waals surface area contributed by atoms with Crippen LogP contribution in [0.25, 0.3) is 0 Å². The minimum Gasteiger partial charge on any atom is -0.370 e. The number of carbonyl (C=O) groups is 1. The average molecular weight is 178 g/mol. The predicted octanol–water partition coefficient (Wildman–Crippen LogP) is 1.36. The van der Waals surface area contributed by atoms with Gasteiger partial charge in [0.1, 0.15) is 5.78 Å². The third-order valence-corrected chi connectivity index (χ3v) is 1.63. The molecule has 0 heterocycles. The third-order valence-electron chi connectivity index (χ3n) is 1.63. The zero-order valence-electron chi connectivity index (χ0n) is 7.66. The van der Waals surface area contributed by atoms with E-state index < -0.39 is 0 Å². The predicted molar refractivity (Wildman–Crippen MR) is 53.3 cm³/mol. The average Bonchev–Trinajstić information content (AvgIpc) is 2.04. The molecule has 1 aromatic carbocycles. The molecule has 3 heteroatoms. The maximum absolute atomic E-state index is 10.7. The SMILES string of the molecule is CC(=O)CC(N)Nc1ccccc1. The van der Waals surface area contributed by atoms with Gasteiger partial charge in [0.15, 0.2) is 0 Å².